The monoisotopic (exact) mass is 492 g/mol. The Morgan fingerprint density at radius 2 is 2.11 bits per heavy atom. The van der Waals surface area contributed by atoms with Gasteiger partial charge in [-0.1, -0.05) is 12.1 Å². The number of ether oxygens (including phenoxy) is 1. The summed E-state index contributed by atoms with van der Waals surface area (Å²) >= 11 is 0. The number of nitrogens with zero attached hydrogens (tertiary/aromatic N) is 2. The molecule has 9 nitrogen and oxygen atoms in total. The number of carbonyl (C=O) groups is 3. The maximum Gasteiger partial charge on any atom is 0.305 e. The van der Waals surface area contributed by atoms with Gasteiger partial charge >= 0.3 is 5.97 Å². The number of fused-ring (bicyclic) bond motifs is 2. The summed E-state index contributed by atoms with van der Waals surface area (Å²) in [5.41, 5.74) is 3.96. The quantitative estimate of drug-likeness (QED) is 0.492. The van der Waals surface area contributed by atoms with Crippen molar-refractivity contribution in [3.63, 3.8) is 0 Å². The van der Waals surface area contributed by atoms with E-state index in [1.807, 2.05) is 18.2 Å². The Bertz CT molecular complexity index is 1170. The molecule has 36 heavy (non-hydrogen) atoms. The number of benzene rings is 1. The first-order valence-electron chi connectivity index (χ1n) is 12.7. The topological polar surface area (TPSA) is 121 Å². The maximum absolute atomic E-state index is 13.0. The van der Waals surface area contributed by atoms with Crippen molar-refractivity contribution in [2.75, 3.05) is 31.6 Å². The molecule has 9 heteroatoms. The van der Waals surface area contributed by atoms with Gasteiger partial charge in [0.05, 0.1) is 25.6 Å². The number of carboxylic acid groups (broad SMARTS) is 1. The lowest BCUT2D eigenvalue weighted by molar-refractivity contribution is -0.138. The molecule has 1 saturated heterocycles. The second-order valence-electron chi connectivity index (χ2n) is 9.81. The van der Waals surface area contributed by atoms with E-state index in [0.717, 1.165) is 54.2 Å². The lowest BCUT2D eigenvalue weighted by Gasteiger charge is -2.21. The van der Waals surface area contributed by atoms with Crippen LogP contribution < -0.4 is 15.4 Å². The number of nitrogens with one attached hydrogen (secondary N) is 2. The van der Waals surface area contributed by atoms with Crippen LogP contribution in [0.15, 0.2) is 30.3 Å². The van der Waals surface area contributed by atoms with Gasteiger partial charge in [-0.3, -0.25) is 14.4 Å². The molecule has 1 aromatic carbocycles. The number of likely N-dealkylation sites (tertiary alicyclic amines) is 1. The van der Waals surface area contributed by atoms with Crippen molar-refractivity contribution in [2.24, 2.45) is 5.92 Å². The average Bonchev–Trinajstić information content (AvgIpc) is 3.48. The number of hydrogen-bond acceptors (Lipinski definition) is 6. The minimum absolute atomic E-state index is 0.0225. The zero-order chi connectivity index (χ0) is 25.1. The van der Waals surface area contributed by atoms with Gasteiger partial charge in [-0.05, 0) is 67.0 Å². The molecule has 0 bridgehead atoms. The van der Waals surface area contributed by atoms with Crippen LogP contribution in [0.4, 0.5) is 5.82 Å². The van der Waals surface area contributed by atoms with Gasteiger partial charge < -0.3 is 25.4 Å². The zero-order valence-electron chi connectivity index (χ0n) is 20.3. The number of hydrogen-bond donors (Lipinski definition) is 3. The summed E-state index contributed by atoms with van der Waals surface area (Å²) in [5, 5.41) is 15.6. The number of carbonyl (C=O) groups excluding carboxylic acids is 2. The average molecular weight is 493 g/mol. The van der Waals surface area contributed by atoms with Gasteiger partial charge in [0, 0.05) is 31.1 Å². The van der Waals surface area contributed by atoms with Crippen LogP contribution in [-0.4, -0.2) is 59.0 Å². The number of aliphatic carboxylic acids is 1. The third kappa shape index (κ3) is 5.45. The largest absolute Gasteiger partial charge is 0.493 e. The van der Waals surface area contributed by atoms with Gasteiger partial charge in [-0.2, -0.15) is 0 Å². The molecule has 0 radical (unpaired) electrons. The van der Waals surface area contributed by atoms with Crippen molar-refractivity contribution >= 4 is 23.6 Å². The summed E-state index contributed by atoms with van der Waals surface area (Å²) in [6.45, 7) is 2.00. The van der Waals surface area contributed by atoms with Crippen molar-refractivity contribution in [3.05, 3.63) is 52.7 Å². The second kappa shape index (κ2) is 10.6. The molecule has 190 valence electrons. The molecule has 1 fully saturated rings. The third-order valence-electron chi connectivity index (χ3n) is 7.27. The SMILES string of the molecule is O=C(O)C[C@H](NC(=O)CN1CC[C@H](CCc2ccc3c(n2)NCCC3)C1=O)c1ccc2c(c1)CCO2. The Morgan fingerprint density at radius 3 is 2.97 bits per heavy atom. The van der Waals surface area contributed by atoms with E-state index in [4.69, 9.17) is 9.72 Å². The van der Waals surface area contributed by atoms with E-state index >= 15 is 0 Å². The van der Waals surface area contributed by atoms with Crippen LogP contribution >= 0.6 is 0 Å². The van der Waals surface area contributed by atoms with Crippen molar-refractivity contribution in [3.8, 4) is 5.75 Å². The highest BCUT2D eigenvalue weighted by molar-refractivity contribution is 5.87. The van der Waals surface area contributed by atoms with E-state index in [9.17, 15) is 19.5 Å². The highest BCUT2D eigenvalue weighted by Crippen LogP contribution is 2.30. The van der Waals surface area contributed by atoms with Crippen molar-refractivity contribution in [2.45, 2.75) is 51.0 Å². The standard InChI is InChI=1S/C27H32N4O5/c32-24(30-22(15-25(33)34)19-5-8-23-20(14-19)10-13-36-23)16-31-12-9-18(27(31)35)4-7-21-6-3-17-2-1-11-28-26(17)29-21/h3,5-6,8,14,18,22H,1-2,4,7,9-13,15-16H2,(H,28,29)(H,30,32)(H,33,34)/t18-,22-/m0/s1. The van der Waals surface area contributed by atoms with E-state index < -0.39 is 12.0 Å². The predicted octanol–water partition coefficient (Wildman–Crippen LogP) is 2.49. The fourth-order valence-corrected chi connectivity index (χ4v) is 5.32. The Balaban J connectivity index is 1.15. The first kappa shape index (κ1) is 24.1. The van der Waals surface area contributed by atoms with Crippen LogP contribution in [0, 0.1) is 5.92 Å². The van der Waals surface area contributed by atoms with Gasteiger partial charge in [-0.25, -0.2) is 4.98 Å². The maximum atomic E-state index is 13.0. The summed E-state index contributed by atoms with van der Waals surface area (Å²) in [6.07, 6.45) is 4.81. The third-order valence-corrected chi connectivity index (χ3v) is 7.27. The van der Waals surface area contributed by atoms with E-state index in [2.05, 4.69) is 16.7 Å². The molecular formula is C27H32N4O5. The summed E-state index contributed by atoms with van der Waals surface area (Å²) < 4.78 is 5.52. The molecule has 2 atom stereocenters. The van der Waals surface area contributed by atoms with E-state index in [-0.39, 0.29) is 30.7 Å². The van der Waals surface area contributed by atoms with Gasteiger partial charge in [-0.15, -0.1) is 0 Å². The second-order valence-corrected chi connectivity index (χ2v) is 9.81. The van der Waals surface area contributed by atoms with Crippen molar-refractivity contribution < 1.29 is 24.2 Å². The molecule has 2 amide bonds. The molecular weight excluding hydrogens is 460 g/mol. The molecule has 3 N–H and O–H groups in total. The molecule has 3 aliphatic rings. The molecule has 2 aromatic rings. The first-order chi connectivity index (χ1) is 17.5. The van der Waals surface area contributed by atoms with Crippen molar-refractivity contribution in [1.29, 1.82) is 0 Å². The van der Waals surface area contributed by atoms with E-state index in [1.165, 1.54) is 5.56 Å². The van der Waals surface area contributed by atoms with Gasteiger partial charge in [0.25, 0.3) is 0 Å². The van der Waals surface area contributed by atoms with Crippen molar-refractivity contribution in [1.82, 2.24) is 15.2 Å². The molecule has 0 aliphatic carbocycles. The van der Waals surface area contributed by atoms with Gasteiger partial charge in [0.2, 0.25) is 11.8 Å². The zero-order valence-corrected chi connectivity index (χ0v) is 20.3. The summed E-state index contributed by atoms with van der Waals surface area (Å²) in [5.74, 6) is 0.256. The number of amides is 2. The number of aromatic nitrogens is 1. The number of anilines is 1. The lowest BCUT2D eigenvalue weighted by Crippen LogP contribution is -2.40. The van der Waals surface area contributed by atoms with Gasteiger partial charge in [0.15, 0.2) is 0 Å². The predicted molar refractivity (Wildman–Crippen MR) is 133 cm³/mol. The Hall–Kier alpha value is -3.62. The number of carboxylic acids is 1. The van der Waals surface area contributed by atoms with E-state index in [0.29, 0.717) is 32.4 Å². The molecule has 0 unspecified atom stereocenters. The van der Waals surface area contributed by atoms with Crippen LogP contribution in [0.2, 0.25) is 0 Å². The normalized spacial score (nSPS) is 19.2. The number of aryl methyl sites for hydroxylation is 2. The van der Waals surface area contributed by atoms with Crippen LogP contribution in [-0.2, 0) is 33.6 Å². The fourth-order valence-electron chi connectivity index (χ4n) is 5.32. The minimum Gasteiger partial charge on any atom is -0.493 e. The van der Waals surface area contributed by atoms with Gasteiger partial charge in [0.1, 0.15) is 11.6 Å². The summed E-state index contributed by atoms with van der Waals surface area (Å²) in [7, 11) is 0. The number of rotatable bonds is 9. The first-order valence-corrected chi connectivity index (χ1v) is 12.7. The highest BCUT2D eigenvalue weighted by Gasteiger charge is 2.33. The van der Waals surface area contributed by atoms with Crippen LogP contribution in [0.5, 0.6) is 5.75 Å². The molecule has 1 aromatic heterocycles. The van der Waals surface area contributed by atoms with Crippen LogP contribution in [0.3, 0.4) is 0 Å². The number of pyridine rings is 1. The Morgan fingerprint density at radius 1 is 1.22 bits per heavy atom. The fraction of sp³-hybridized carbons (Fsp3) is 0.481. The van der Waals surface area contributed by atoms with E-state index in [1.54, 1.807) is 11.0 Å². The van der Waals surface area contributed by atoms with Crippen LogP contribution in [0.25, 0.3) is 0 Å². The molecule has 0 spiro atoms. The molecule has 3 aliphatic heterocycles. The lowest BCUT2D eigenvalue weighted by atomic mass is 9.99. The molecule has 5 rings (SSSR count). The highest BCUT2D eigenvalue weighted by atomic mass is 16.5. The molecule has 0 saturated carbocycles. The Labute approximate surface area is 210 Å². The summed E-state index contributed by atoms with van der Waals surface area (Å²) in [6, 6.07) is 9.01. The smallest absolute Gasteiger partial charge is 0.305 e. The summed E-state index contributed by atoms with van der Waals surface area (Å²) in [4.78, 5) is 43.5. The Kier molecular flexibility index (Phi) is 7.06. The minimum atomic E-state index is -1.000. The molecule has 4 heterocycles. The van der Waals surface area contributed by atoms with Crippen LogP contribution in [0.1, 0.15) is 54.1 Å².